The monoisotopic (exact) mass is 593 g/mol. The maximum Gasteiger partial charge on any atom is 0.408 e. The van der Waals surface area contributed by atoms with Crippen LogP contribution in [0.25, 0.3) is 0 Å². The number of nitrogens with one attached hydrogen (secondary N) is 1. The third-order valence-electron chi connectivity index (χ3n) is 8.31. The zero-order chi connectivity index (χ0) is 31.1. The van der Waals surface area contributed by atoms with Crippen molar-refractivity contribution in [1.29, 1.82) is 5.26 Å². The van der Waals surface area contributed by atoms with Gasteiger partial charge in [-0.05, 0) is 74.9 Å². The summed E-state index contributed by atoms with van der Waals surface area (Å²) in [5.41, 5.74) is 0.616. The second-order valence-corrected chi connectivity index (χ2v) is 12.8. The lowest BCUT2D eigenvalue weighted by atomic mass is 9.95. The molecule has 228 valence electrons. The molecule has 3 aliphatic rings. The molecule has 0 aromatic heterocycles. The Morgan fingerprint density at radius 2 is 1.60 bits per heavy atom. The highest BCUT2D eigenvalue weighted by atomic mass is 19.1. The second-order valence-electron chi connectivity index (χ2n) is 12.8. The van der Waals surface area contributed by atoms with Gasteiger partial charge < -0.3 is 19.9 Å². The van der Waals surface area contributed by atoms with Crippen molar-refractivity contribution >= 4 is 17.9 Å². The molecule has 0 aliphatic carbocycles. The molecule has 2 bridgehead atoms. The summed E-state index contributed by atoms with van der Waals surface area (Å²) in [5.74, 6) is -1.21. The Labute approximate surface area is 250 Å². The van der Waals surface area contributed by atoms with Gasteiger partial charge in [-0.25, -0.2) is 13.6 Å². The van der Waals surface area contributed by atoms with Crippen LogP contribution < -0.4 is 5.32 Å². The Morgan fingerprint density at radius 3 is 2.12 bits per heavy atom. The van der Waals surface area contributed by atoms with E-state index in [2.05, 4.69) is 11.4 Å². The highest BCUT2D eigenvalue weighted by Crippen LogP contribution is 2.41. The molecule has 3 amide bonds. The molecule has 2 aromatic rings. The third kappa shape index (κ3) is 6.49. The third-order valence-corrected chi connectivity index (χ3v) is 8.31. The predicted octanol–water partition coefficient (Wildman–Crippen LogP) is 3.99. The smallest absolute Gasteiger partial charge is 0.408 e. The number of fused-ring (bicyclic) bond motifs is 2. The fraction of sp³-hybridized carbons (Fsp3) is 0.500. The van der Waals surface area contributed by atoms with Gasteiger partial charge in [-0.15, -0.1) is 0 Å². The number of rotatable bonds is 7. The number of alkyl carbamates (subject to hydrolysis) is 1. The number of likely N-dealkylation sites (tertiary alicyclic amines) is 3. The molecule has 11 heteroatoms. The number of piperazine rings is 1. The number of hydrogen-bond donors (Lipinski definition) is 1. The van der Waals surface area contributed by atoms with Crippen molar-refractivity contribution in [2.24, 2.45) is 5.92 Å². The summed E-state index contributed by atoms with van der Waals surface area (Å²) < 4.78 is 33.0. The van der Waals surface area contributed by atoms with E-state index in [1.54, 1.807) is 49.9 Å². The highest BCUT2D eigenvalue weighted by Gasteiger charge is 2.53. The molecule has 4 unspecified atom stereocenters. The van der Waals surface area contributed by atoms with E-state index in [9.17, 15) is 28.4 Å². The van der Waals surface area contributed by atoms with Crippen LogP contribution in [0.4, 0.5) is 13.6 Å². The molecule has 3 heterocycles. The number of halogens is 2. The van der Waals surface area contributed by atoms with Crippen LogP contribution in [0.1, 0.15) is 57.7 Å². The summed E-state index contributed by atoms with van der Waals surface area (Å²) >= 11 is 0. The number of nitriles is 1. The van der Waals surface area contributed by atoms with E-state index in [-0.39, 0.29) is 30.3 Å². The summed E-state index contributed by atoms with van der Waals surface area (Å²) in [4.78, 5) is 45.7. The van der Waals surface area contributed by atoms with Gasteiger partial charge in [-0.1, -0.05) is 31.2 Å². The van der Waals surface area contributed by atoms with Crippen LogP contribution in [0, 0.1) is 28.9 Å². The van der Waals surface area contributed by atoms with Crippen molar-refractivity contribution in [3.63, 3.8) is 0 Å². The minimum Gasteiger partial charge on any atom is -0.444 e. The molecule has 5 rings (SSSR count). The molecule has 0 spiro atoms. The molecule has 2 aromatic carbocycles. The molecule has 3 aliphatic heterocycles. The second kappa shape index (κ2) is 11.9. The lowest BCUT2D eigenvalue weighted by Gasteiger charge is -2.40. The largest absolute Gasteiger partial charge is 0.444 e. The van der Waals surface area contributed by atoms with Crippen LogP contribution in [0.2, 0.25) is 0 Å². The van der Waals surface area contributed by atoms with Crippen molar-refractivity contribution in [1.82, 2.24) is 20.0 Å². The van der Waals surface area contributed by atoms with Crippen molar-refractivity contribution in [3.8, 4) is 6.07 Å². The van der Waals surface area contributed by atoms with E-state index in [1.165, 1.54) is 29.2 Å². The molecule has 0 radical (unpaired) electrons. The van der Waals surface area contributed by atoms with Crippen molar-refractivity contribution < 1.29 is 27.9 Å². The minimum atomic E-state index is -1.03. The fourth-order valence-electron chi connectivity index (χ4n) is 6.52. The van der Waals surface area contributed by atoms with Gasteiger partial charge in [0.15, 0.2) is 0 Å². The minimum absolute atomic E-state index is 0.0691. The average Bonchev–Trinajstić information content (AvgIpc) is 3.62. The Kier molecular flexibility index (Phi) is 8.43. The normalized spacial score (nSPS) is 24.4. The summed E-state index contributed by atoms with van der Waals surface area (Å²) in [7, 11) is 0. The maximum absolute atomic E-state index is 13.9. The van der Waals surface area contributed by atoms with Crippen LogP contribution in [0.5, 0.6) is 0 Å². The van der Waals surface area contributed by atoms with Crippen molar-refractivity contribution in [2.45, 2.75) is 76.3 Å². The molecule has 0 saturated carbocycles. The number of benzene rings is 2. The van der Waals surface area contributed by atoms with E-state index in [0.29, 0.717) is 37.1 Å². The SMILES string of the molecule is CC1CC(C#N)N(C(=O)C(CN2C[C@@H]3CC2C(=O)N3C(c2ccc(F)cc2)c2ccc(F)cc2)NC(=O)OC(C)(C)C)C1. The van der Waals surface area contributed by atoms with Gasteiger partial charge in [-0.2, -0.15) is 5.26 Å². The topological polar surface area (TPSA) is 106 Å². The summed E-state index contributed by atoms with van der Waals surface area (Å²) in [5, 5.41) is 12.4. The quantitative estimate of drug-likeness (QED) is 0.521. The molecule has 43 heavy (non-hydrogen) atoms. The van der Waals surface area contributed by atoms with E-state index in [4.69, 9.17) is 4.74 Å². The first-order valence-electron chi connectivity index (χ1n) is 14.6. The van der Waals surface area contributed by atoms with Gasteiger partial charge in [0.05, 0.1) is 18.2 Å². The molecule has 5 atom stereocenters. The number of carbonyl (C=O) groups excluding carboxylic acids is 3. The van der Waals surface area contributed by atoms with Gasteiger partial charge >= 0.3 is 6.09 Å². The molecule has 3 saturated heterocycles. The molecular formula is C32H37F2N5O4. The van der Waals surface area contributed by atoms with E-state index in [1.807, 2.05) is 11.8 Å². The Bertz CT molecular complexity index is 1360. The van der Waals surface area contributed by atoms with Gasteiger partial charge in [-0.3, -0.25) is 14.5 Å². The number of ether oxygens (including phenoxy) is 1. The Balaban J connectivity index is 1.38. The first kappa shape index (κ1) is 30.4. The number of carbonyl (C=O) groups is 3. The standard InChI is InChI=1S/C32H37F2N5O4/c1-19-13-24(15-35)38(16-19)29(40)26(36-31(42)43-32(2,3)4)18-37-17-25-14-27(37)30(41)39(25)28(20-5-9-22(33)10-6-20)21-7-11-23(34)12-8-21/h5-12,19,24-28H,13-14,16-18H2,1-4H3,(H,36,42)/t19?,24?,25-,26?,27?/m0/s1. The first-order valence-corrected chi connectivity index (χ1v) is 14.6. The first-order chi connectivity index (χ1) is 20.3. The van der Waals surface area contributed by atoms with Crippen LogP contribution in [-0.4, -0.2) is 82.0 Å². The number of hydrogen-bond acceptors (Lipinski definition) is 6. The summed E-state index contributed by atoms with van der Waals surface area (Å²) in [6, 6.07) is 11.1. The maximum atomic E-state index is 13.9. The fourth-order valence-corrected chi connectivity index (χ4v) is 6.52. The number of amides is 3. The van der Waals surface area contributed by atoms with Gasteiger partial charge in [0.2, 0.25) is 11.8 Å². The molecular weight excluding hydrogens is 556 g/mol. The lowest BCUT2D eigenvalue weighted by molar-refractivity contribution is -0.140. The molecule has 1 N–H and O–H groups in total. The average molecular weight is 594 g/mol. The van der Waals surface area contributed by atoms with E-state index >= 15 is 0 Å². The number of nitrogens with zero attached hydrogens (tertiary/aromatic N) is 4. The van der Waals surface area contributed by atoms with Gasteiger partial charge in [0, 0.05) is 25.7 Å². The van der Waals surface area contributed by atoms with Crippen molar-refractivity contribution in [3.05, 3.63) is 71.3 Å². The summed E-state index contributed by atoms with van der Waals surface area (Å²) in [6.07, 6.45) is 0.306. The Hall–Kier alpha value is -4.04. The van der Waals surface area contributed by atoms with E-state index < -0.39 is 47.5 Å². The molecule has 9 nitrogen and oxygen atoms in total. The van der Waals surface area contributed by atoms with E-state index in [0.717, 1.165) is 0 Å². The van der Waals surface area contributed by atoms with Gasteiger partial charge in [0.1, 0.15) is 29.3 Å². The molecule has 3 fully saturated rings. The van der Waals surface area contributed by atoms with Crippen LogP contribution in [0.15, 0.2) is 48.5 Å². The van der Waals surface area contributed by atoms with Gasteiger partial charge in [0.25, 0.3) is 0 Å². The highest BCUT2D eigenvalue weighted by molar-refractivity contribution is 5.88. The van der Waals surface area contributed by atoms with Crippen LogP contribution in [0.3, 0.4) is 0 Å². The van der Waals surface area contributed by atoms with Crippen molar-refractivity contribution in [2.75, 3.05) is 19.6 Å². The zero-order valence-electron chi connectivity index (χ0n) is 24.8. The zero-order valence-corrected chi connectivity index (χ0v) is 24.8. The Morgan fingerprint density at radius 1 is 1.02 bits per heavy atom. The van der Waals surface area contributed by atoms with Crippen LogP contribution in [-0.2, 0) is 14.3 Å². The van der Waals surface area contributed by atoms with Crippen LogP contribution >= 0.6 is 0 Å². The lowest BCUT2D eigenvalue weighted by Crippen LogP contribution is -2.59. The summed E-state index contributed by atoms with van der Waals surface area (Å²) in [6.45, 7) is 8.05. The predicted molar refractivity (Wildman–Crippen MR) is 153 cm³/mol.